The van der Waals surface area contributed by atoms with Crippen molar-refractivity contribution in [3.8, 4) is 11.8 Å². The van der Waals surface area contributed by atoms with Crippen molar-refractivity contribution >= 4 is 10.9 Å². The van der Waals surface area contributed by atoms with Gasteiger partial charge in [0.2, 0.25) is 6.20 Å². The van der Waals surface area contributed by atoms with Gasteiger partial charge in [-0.2, -0.15) is 0 Å². The largest absolute Gasteiger partial charge is 0.616 e. The maximum Gasteiger partial charge on any atom is 0.402 e. The van der Waals surface area contributed by atoms with Crippen LogP contribution in [0.3, 0.4) is 0 Å². The van der Waals surface area contributed by atoms with E-state index in [0.717, 1.165) is 35.1 Å². The first-order valence-electron chi connectivity index (χ1n) is 12.1. The van der Waals surface area contributed by atoms with Crippen molar-refractivity contribution in [2.45, 2.75) is 52.6 Å². The smallest absolute Gasteiger partial charge is 0.402 e. The van der Waals surface area contributed by atoms with Crippen molar-refractivity contribution in [2.24, 2.45) is 5.92 Å². The van der Waals surface area contributed by atoms with Crippen molar-refractivity contribution in [3.05, 3.63) is 89.0 Å². The van der Waals surface area contributed by atoms with E-state index in [4.69, 9.17) is 14.5 Å². The maximum absolute atomic E-state index is 13.1. The number of hydrogen-bond donors (Lipinski definition) is 1. The van der Waals surface area contributed by atoms with E-state index in [2.05, 4.69) is 44.1 Å². The van der Waals surface area contributed by atoms with Gasteiger partial charge in [-0.3, -0.25) is 0 Å². The van der Waals surface area contributed by atoms with Crippen LogP contribution in [-0.2, 0) is 13.0 Å². The van der Waals surface area contributed by atoms with Gasteiger partial charge in [0, 0.05) is 23.0 Å². The number of benzene rings is 2. The molecule has 178 valence electrons. The monoisotopic (exact) mass is 459 g/mol. The number of para-hydroxylation sites is 1. The first-order chi connectivity index (χ1) is 16.6. The van der Waals surface area contributed by atoms with Gasteiger partial charge < -0.3 is 19.7 Å². The minimum atomic E-state index is -0.0173. The Kier molecular flexibility index (Phi) is 7.68. The van der Waals surface area contributed by atoms with Gasteiger partial charge in [-0.25, -0.2) is 4.98 Å². The molecule has 1 atom stereocenters. The summed E-state index contributed by atoms with van der Waals surface area (Å²) in [6.07, 6.45) is 6.03. The van der Waals surface area contributed by atoms with Crippen LogP contribution in [0.25, 0.3) is 10.9 Å². The van der Waals surface area contributed by atoms with Crippen LogP contribution in [0.1, 0.15) is 56.4 Å². The van der Waals surface area contributed by atoms with Gasteiger partial charge in [-0.1, -0.05) is 75.7 Å². The molecule has 0 fully saturated rings. The van der Waals surface area contributed by atoms with Gasteiger partial charge in [-0.15, -0.1) is 4.73 Å². The van der Waals surface area contributed by atoms with Crippen LogP contribution in [0.4, 0.5) is 0 Å². The van der Waals surface area contributed by atoms with Gasteiger partial charge in [-0.05, 0) is 36.0 Å². The lowest BCUT2D eigenvalue weighted by molar-refractivity contribution is -0.614. The number of aromatic nitrogens is 3. The van der Waals surface area contributed by atoms with Crippen LogP contribution in [0.15, 0.2) is 67.0 Å². The normalized spacial score (nSPS) is 12.2. The minimum Gasteiger partial charge on any atom is -0.616 e. The summed E-state index contributed by atoms with van der Waals surface area (Å²) in [5.74, 6) is 0.802. The Hall–Kier alpha value is -3.54. The molecule has 0 aliphatic carbocycles. The molecule has 0 spiro atoms. The number of nitrogens with zero attached hydrogens (tertiary/aromatic N) is 2. The summed E-state index contributed by atoms with van der Waals surface area (Å²) in [6, 6.07) is 18.1. The molecular formula is C28H33N3O3. The molecule has 1 N–H and O–H groups in total. The minimum absolute atomic E-state index is 0.0173. The molecule has 4 rings (SSSR count). The topological polar surface area (TPSA) is 74.1 Å². The molecule has 0 saturated heterocycles. The van der Waals surface area contributed by atoms with Gasteiger partial charge >= 0.3 is 5.88 Å². The lowest BCUT2D eigenvalue weighted by Crippen LogP contribution is -2.33. The third kappa shape index (κ3) is 5.50. The quantitative estimate of drug-likeness (QED) is 0.171. The molecule has 0 amide bonds. The zero-order valence-electron chi connectivity index (χ0n) is 20.2. The Balaban J connectivity index is 1.68. The molecule has 0 radical (unpaired) electrons. The second-order valence-corrected chi connectivity index (χ2v) is 8.99. The summed E-state index contributed by atoms with van der Waals surface area (Å²) in [6.45, 7) is 7.24. The first kappa shape index (κ1) is 23.6. The summed E-state index contributed by atoms with van der Waals surface area (Å²) in [7, 11) is 0. The molecule has 1 unspecified atom stereocenters. The highest BCUT2D eigenvalue weighted by atomic mass is 16.6. The Morgan fingerprint density at radius 3 is 2.56 bits per heavy atom. The standard InChI is InChI=1S/C28H33N3O3/c1-4-5-15-33-28-27(30-26(18-31(28)32)34-19-21-11-7-6-8-12-21)24(20(2)3)16-22-17-29-25-14-10-9-13-23(22)25/h6-14,17-18,20,24,29H,4-5,15-16,19H2,1-3H3. The Labute approximate surface area is 201 Å². The Morgan fingerprint density at radius 1 is 1.03 bits per heavy atom. The van der Waals surface area contributed by atoms with Crippen LogP contribution >= 0.6 is 0 Å². The number of rotatable bonds is 11. The third-order valence-electron chi connectivity index (χ3n) is 6.11. The molecule has 2 heterocycles. The van der Waals surface area contributed by atoms with Crippen molar-refractivity contribution in [3.63, 3.8) is 0 Å². The molecular weight excluding hydrogens is 426 g/mol. The molecule has 4 aromatic rings. The van der Waals surface area contributed by atoms with Crippen LogP contribution in [-0.4, -0.2) is 16.6 Å². The molecule has 6 nitrogen and oxygen atoms in total. The van der Waals surface area contributed by atoms with E-state index in [1.807, 2.05) is 42.5 Å². The SMILES string of the molecule is CCCCOc1c(C(Cc2c[nH]c3ccccc23)C(C)C)nc(OCc2ccccc2)c[n+]1[O-]. The highest BCUT2D eigenvalue weighted by Gasteiger charge is 2.30. The molecule has 0 aliphatic heterocycles. The first-order valence-corrected chi connectivity index (χ1v) is 12.1. The average Bonchev–Trinajstić information content (AvgIpc) is 3.26. The summed E-state index contributed by atoms with van der Waals surface area (Å²) < 4.78 is 12.7. The van der Waals surface area contributed by atoms with E-state index < -0.39 is 0 Å². The van der Waals surface area contributed by atoms with E-state index >= 15 is 0 Å². The third-order valence-corrected chi connectivity index (χ3v) is 6.11. The van der Waals surface area contributed by atoms with Crippen molar-refractivity contribution in [2.75, 3.05) is 6.61 Å². The van der Waals surface area contributed by atoms with Gasteiger partial charge in [0.25, 0.3) is 5.88 Å². The van der Waals surface area contributed by atoms with Gasteiger partial charge in [0.1, 0.15) is 6.61 Å². The van der Waals surface area contributed by atoms with Crippen LogP contribution in [0.2, 0.25) is 0 Å². The maximum atomic E-state index is 13.1. The van der Waals surface area contributed by atoms with Gasteiger partial charge in [0.05, 0.1) is 6.61 Å². The molecule has 0 saturated carbocycles. The number of H-pyrrole nitrogens is 1. The fourth-order valence-corrected chi connectivity index (χ4v) is 4.15. The average molecular weight is 460 g/mol. The molecule has 0 bridgehead atoms. The number of nitrogens with one attached hydrogen (secondary N) is 1. The number of unbranched alkanes of at least 4 members (excludes halogenated alkanes) is 1. The highest BCUT2D eigenvalue weighted by molar-refractivity contribution is 5.83. The van der Waals surface area contributed by atoms with E-state index in [1.54, 1.807) is 0 Å². The molecule has 2 aromatic heterocycles. The van der Waals surface area contributed by atoms with Crippen LogP contribution in [0, 0.1) is 11.1 Å². The predicted octanol–water partition coefficient (Wildman–Crippen LogP) is 5.94. The van der Waals surface area contributed by atoms with Crippen LogP contribution < -0.4 is 14.2 Å². The fraction of sp³-hybridized carbons (Fsp3) is 0.357. The lowest BCUT2D eigenvalue weighted by atomic mass is 9.86. The van der Waals surface area contributed by atoms with E-state index in [0.29, 0.717) is 24.8 Å². The zero-order valence-corrected chi connectivity index (χ0v) is 20.2. The Morgan fingerprint density at radius 2 is 1.79 bits per heavy atom. The fourth-order valence-electron chi connectivity index (χ4n) is 4.15. The predicted molar refractivity (Wildman–Crippen MR) is 134 cm³/mol. The molecule has 6 heteroatoms. The van der Waals surface area contributed by atoms with Crippen molar-refractivity contribution in [1.82, 2.24) is 9.97 Å². The van der Waals surface area contributed by atoms with E-state index in [1.165, 1.54) is 17.1 Å². The van der Waals surface area contributed by atoms with Crippen molar-refractivity contribution in [1.29, 1.82) is 0 Å². The molecule has 2 aromatic carbocycles. The Bertz CT molecular complexity index is 1200. The number of ether oxygens (including phenoxy) is 2. The summed E-state index contributed by atoms with van der Waals surface area (Å²) in [5, 5.41) is 14.3. The van der Waals surface area contributed by atoms with Gasteiger partial charge in [0.15, 0.2) is 5.69 Å². The second-order valence-electron chi connectivity index (χ2n) is 8.99. The molecule has 34 heavy (non-hydrogen) atoms. The second kappa shape index (κ2) is 11.1. The van der Waals surface area contributed by atoms with Crippen LogP contribution in [0.5, 0.6) is 11.8 Å². The number of aromatic amines is 1. The number of hydrogen-bond acceptors (Lipinski definition) is 4. The number of fused-ring (bicyclic) bond motifs is 1. The zero-order chi connectivity index (χ0) is 23.9. The summed E-state index contributed by atoms with van der Waals surface area (Å²) >= 11 is 0. The van der Waals surface area contributed by atoms with E-state index in [-0.39, 0.29) is 17.7 Å². The highest BCUT2D eigenvalue weighted by Crippen LogP contribution is 2.34. The summed E-state index contributed by atoms with van der Waals surface area (Å²) in [4.78, 5) is 8.19. The van der Waals surface area contributed by atoms with Crippen molar-refractivity contribution < 1.29 is 14.2 Å². The lowest BCUT2D eigenvalue weighted by Gasteiger charge is -2.22. The van der Waals surface area contributed by atoms with E-state index in [9.17, 15) is 5.21 Å². The molecule has 0 aliphatic rings. The summed E-state index contributed by atoms with van der Waals surface area (Å²) in [5.41, 5.74) is 3.97.